The fourth-order valence-corrected chi connectivity index (χ4v) is 1.70. The molecule has 0 unspecified atom stereocenters. The second kappa shape index (κ2) is 6.45. The summed E-state index contributed by atoms with van der Waals surface area (Å²) in [6, 6.07) is 10.2. The van der Waals surface area contributed by atoms with E-state index in [9.17, 15) is 4.79 Å². The van der Waals surface area contributed by atoms with Crippen LogP contribution in [0.1, 0.15) is 10.4 Å². The van der Waals surface area contributed by atoms with Crippen LogP contribution < -0.4 is 9.47 Å². The summed E-state index contributed by atoms with van der Waals surface area (Å²) < 4.78 is 11.3. The molecule has 0 aliphatic carbocycles. The molecular formula is C16H11N3O3. The first kappa shape index (κ1) is 13.7. The third kappa shape index (κ3) is 3.24. The quantitative estimate of drug-likeness (QED) is 0.672. The largest absolute Gasteiger partial charge is 0.435 e. The first-order chi connectivity index (χ1) is 10.8. The molecule has 3 aromatic rings. The Bertz CT molecular complexity index is 761. The Morgan fingerprint density at radius 1 is 0.818 bits per heavy atom. The monoisotopic (exact) mass is 293 g/mol. The molecule has 0 saturated carbocycles. The minimum atomic E-state index is 0.227. The van der Waals surface area contributed by atoms with Crippen LogP contribution in [0, 0.1) is 0 Å². The van der Waals surface area contributed by atoms with Gasteiger partial charge in [0.25, 0.3) is 11.8 Å². The molecule has 0 aliphatic rings. The molecule has 22 heavy (non-hydrogen) atoms. The van der Waals surface area contributed by atoms with E-state index in [1.807, 2.05) is 0 Å². The van der Waals surface area contributed by atoms with Crippen molar-refractivity contribution in [3.8, 4) is 23.3 Å². The zero-order valence-electron chi connectivity index (χ0n) is 11.4. The number of aldehydes is 1. The number of aromatic nitrogens is 3. The van der Waals surface area contributed by atoms with Crippen LogP contribution in [0.3, 0.4) is 0 Å². The van der Waals surface area contributed by atoms with E-state index in [4.69, 9.17) is 9.47 Å². The molecule has 0 aliphatic heterocycles. The topological polar surface area (TPSA) is 74.2 Å². The maximum absolute atomic E-state index is 10.6. The van der Waals surface area contributed by atoms with Gasteiger partial charge in [-0.1, -0.05) is 0 Å². The van der Waals surface area contributed by atoms with Crippen molar-refractivity contribution in [2.24, 2.45) is 0 Å². The molecule has 3 rings (SSSR count). The van der Waals surface area contributed by atoms with Gasteiger partial charge in [0, 0.05) is 24.2 Å². The highest BCUT2D eigenvalue weighted by molar-refractivity contribution is 5.74. The van der Waals surface area contributed by atoms with Crippen molar-refractivity contribution in [1.82, 2.24) is 15.0 Å². The third-order valence-corrected chi connectivity index (χ3v) is 2.71. The number of carbonyl (C=O) groups is 1. The fourth-order valence-electron chi connectivity index (χ4n) is 1.70. The summed E-state index contributed by atoms with van der Waals surface area (Å²) in [5, 5.41) is 0. The summed E-state index contributed by atoms with van der Waals surface area (Å²) in [5.74, 6) is 1.52. The highest BCUT2D eigenvalue weighted by atomic mass is 16.5. The summed E-state index contributed by atoms with van der Waals surface area (Å²) in [6.07, 6.45) is 7.00. The first-order valence-corrected chi connectivity index (χ1v) is 6.47. The van der Waals surface area contributed by atoms with Crippen LogP contribution in [0.15, 0.2) is 61.2 Å². The minimum Gasteiger partial charge on any atom is -0.435 e. The molecule has 0 fully saturated rings. The predicted molar refractivity (Wildman–Crippen MR) is 78.2 cm³/mol. The van der Waals surface area contributed by atoms with Gasteiger partial charge in [-0.25, -0.2) is 9.97 Å². The lowest BCUT2D eigenvalue weighted by atomic mass is 10.2. The Morgan fingerprint density at radius 2 is 1.50 bits per heavy atom. The molecule has 0 amide bonds. The number of hydrogen-bond acceptors (Lipinski definition) is 6. The molecule has 1 aromatic carbocycles. The lowest BCUT2D eigenvalue weighted by Crippen LogP contribution is -1.95. The van der Waals surface area contributed by atoms with Crippen molar-refractivity contribution in [3.05, 3.63) is 66.7 Å². The average Bonchev–Trinajstić information content (AvgIpc) is 2.58. The van der Waals surface area contributed by atoms with Gasteiger partial charge in [-0.15, -0.1) is 0 Å². The number of hydrogen-bond donors (Lipinski definition) is 0. The molecule has 0 saturated heterocycles. The van der Waals surface area contributed by atoms with Gasteiger partial charge in [-0.3, -0.25) is 9.78 Å². The summed E-state index contributed by atoms with van der Waals surface area (Å²) in [6.45, 7) is 0. The van der Waals surface area contributed by atoms with Crippen molar-refractivity contribution in [2.45, 2.75) is 0 Å². The van der Waals surface area contributed by atoms with Crippen molar-refractivity contribution in [1.29, 1.82) is 0 Å². The van der Waals surface area contributed by atoms with Crippen LogP contribution in [0.25, 0.3) is 0 Å². The van der Waals surface area contributed by atoms with Gasteiger partial charge in [0.2, 0.25) is 0 Å². The maximum Gasteiger partial charge on any atom is 0.284 e. The van der Waals surface area contributed by atoms with E-state index in [0.717, 1.165) is 6.29 Å². The molecule has 0 spiro atoms. The van der Waals surface area contributed by atoms with Crippen molar-refractivity contribution < 1.29 is 14.3 Å². The number of rotatable bonds is 5. The van der Waals surface area contributed by atoms with Crippen LogP contribution >= 0.6 is 0 Å². The second-order valence-electron chi connectivity index (χ2n) is 4.25. The van der Waals surface area contributed by atoms with Crippen LogP contribution in [-0.4, -0.2) is 21.2 Å². The Balaban J connectivity index is 1.82. The second-order valence-corrected chi connectivity index (χ2v) is 4.25. The van der Waals surface area contributed by atoms with Gasteiger partial charge in [0.15, 0.2) is 0 Å². The molecular weight excluding hydrogens is 282 g/mol. The zero-order chi connectivity index (χ0) is 15.2. The molecule has 0 atom stereocenters. The van der Waals surface area contributed by atoms with Gasteiger partial charge >= 0.3 is 0 Å². The predicted octanol–water partition coefficient (Wildman–Crippen LogP) is 3.27. The van der Waals surface area contributed by atoms with Crippen LogP contribution in [0.2, 0.25) is 0 Å². The molecule has 0 N–H and O–H groups in total. The van der Waals surface area contributed by atoms with E-state index < -0.39 is 0 Å². The summed E-state index contributed by atoms with van der Waals surface area (Å²) >= 11 is 0. The smallest absolute Gasteiger partial charge is 0.284 e. The van der Waals surface area contributed by atoms with E-state index >= 15 is 0 Å². The van der Waals surface area contributed by atoms with Crippen molar-refractivity contribution in [2.75, 3.05) is 0 Å². The standard InChI is InChI=1S/C16H11N3O3/c20-11-12-3-5-13(6-4-12)21-15-16(19-9-8-18-15)22-14-2-1-7-17-10-14/h1-11H. The summed E-state index contributed by atoms with van der Waals surface area (Å²) in [7, 11) is 0. The molecule has 6 heteroatoms. The molecule has 2 aromatic heterocycles. The lowest BCUT2D eigenvalue weighted by molar-refractivity contribution is 0.112. The lowest BCUT2D eigenvalue weighted by Gasteiger charge is -2.09. The molecule has 0 radical (unpaired) electrons. The minimum absolute atomic E-state index is 0.227. The molecule has 2 heterocycles. The molecule has 6 nitrogen and oxygen atoms in total. The number of nitrogens with zero attached hydrogens (tertiary/aromatic N) is 3. The van der Waals surface area contributed by atoms with E-state index in [1.54, 1.807) is 48.8 Å². The number of ether oxygens (including phenoxy) is 2. The average molecular weight is 293 g/mol. The van der Waals surface area contributed by atoms with Crippen molar-refractivity contribution in [3.63, 3.8) is 0 Å². The Labute approximate surface area is 126 Å². The molecule has 108 valence electrons. The number of pyridine rings is 1. The van der Waals surface area contributed by atoms with Crippen LogP contribution in [-0.2, 0) is 0 Å². The van der Waals surface area contributed by atoms with Gasteiger partial charge in [0.05, 0.1) is 6.20 Å². The van der Waals surface area contributed by atoms with Gasteiger partial charge in [-0.05, 0) is 36.4 Å². The van der Waals surface area contributed by atoms with Gasteiger partial charge in [-0.2, -0.15) is 0 Å². The first-order valence-electron chi connectivity index (χ1n) is 6.47. The van der Waals surface area contributed by atoms with E-state index in [2.05, 4.69) is 15.0 Å². The van der Waals surface area contributed by atoms with Crippen LogP contribution in [0.4, 0.5) is 0 Å². The summed E-state index contributed by atoms with van der Waals surface area (Å²) in [4.78, 5) is 22.8. The van der Waals surface area contributed by atoms with Gasteiger partial charge < -0.3 is 9.47 Å². The maximum atomic E-state index is 10.6. The van der Waals surface area contributed by atoms with E-state index in [0.29, 0.717) is 17.1 Å². The highest BCUT2D eigenvalue weighted by Crippen LogP contribution is 2.30. The van der Waals surface area contributed by atoms with E-state index in [-0.39, 0.29) is 11.8 Å². The fraction of sp³-hybridized carbons (Fsp3) is 0. The van der Waals surface area contributed by atoms with Crippen LogP contribution in [0.5, 0.6) is 23.3 Å². The Morgan fingerprint density at radius 3 is 2.09 bits per heavy atom. The Hall–Kier alpha value is -3.28. The SMILES string of the molecule is O=Cc1ccc(Oc2nccnc2Oc2cccnc2)cc1. The zero-order valence-corrected chi connectivity index (χ0v) is 11.4. The van der Waals surface area contributed by atoms with Crippen molar-refractivity contribution >= 4 is 6.29 Å². The van der Waals surface area contributed by atoms with E-state index in [1.165, 1.54) is 12.4 Å². The highest BCUT2D eigenvalue weighted by Gasteiger charge is 2.10. The molecule has 0 bridgehead atoms. The van der Waals surface area contributed by atoms with Gasteiger partial charge in [0.1, 0.15) is 17.8 Å². The third-order valence-electron chi connectivity index (χ3n) is 2.71. The Kier molecular flexibility index (Phi) is 4.01. The summed E-state index contributed by atoms with van der Waals surface area (Å²) in [5.41, 5.74) is 0.568. The number of benzene rings is 1. The normalized spacial score (nSPS) is 10.0. The number of carbonyl (C=O) groups excluding carboxylic acids is 1.